The van der Waals surface area contributed by atoms with Crippen LogP contribution >= 0.6 is 0 Å². The second kappa shape index (κ2) is 4.05. The third-order valence-electron chi connectivity index (χ3n) is 1.31. The molecule has 1 fully saturated rings. The summed E-state index contributed by atoms with van der Waals surface area (Å²) in [4.78, 5) is 39.9. The van der Waals surface area contributed by atoms with Gasteiger partial charge in [0.05, 0.1) is 6.61 Å². The maximum Gasteiger partial charge on any atom is 0.263 e. The fourth-order valence-electron chi connectivity index (χ4n) is 0.704. The number of ketones is 2. The zero-order valence-electron chi connectivity index (χ0n) is 6.02. The average Bonchev–Trinajstić information content (AvgIpc) is 2.17. The minimum atomic E-state index is -1.12. The van der Waals surface area contributed by atoms with E-state index < -0.39 is 17.7 Å². The maximum atomic E-state index is 10.9. The van der Waals surface area contributed by atoms with Crippen LogP contribution in [0.5, 0.6) is 0 Å². The second-order valence-electron chi connectivity index (χ2n) is 2.11. The Bertz CT molecular complexity index is 204. The van der Waals surface area contributed by atoms with Crippen LogP contribution in [0.2, 0.25) is 0 Å². The van der Waals surface area contributed by atoms with Crippen LogP contribution in [-0.4, -0.2) is 30.6 Å². The van der Waals surface area contributed by atoms with Gasteiger partial charge in [0, 0.05) is 6.42 Å². The van der Waals surface area contributed by atoms with Crippen LogP contribution in [0.3, 0.4) is 0 Å². The summed E-state index contributed by atoms with van der Waals surface area (Å²) in [7, 11) is 0. The highest BCUT2D eigenvalue weighted by Crippen LogP contribution is 2.08. The van der Waals surface area contributed by atoms with Crippen molar-refractivity contribution < 1.29 is 29.2 Å². The molecule has 0 bridgehead atoms. The van der Waals surface area contributed by atoms with Gasteiger partial charge in [-0.15, -0.1) is 0 Å². The van der Waals surface area contributed by atoms with Crippen LogP contribution < -0.4 is 0 Å². The molecule has 0 aromatic heterocycles. The zero-order valence-corrected chi connectivity index (χ0v) is 6.02. The van der Waals surface area contributed by atoms with E-state index in [-0.39, 0.29) is 19.3 Å². The van der Waals surface area contributed by atoms with Crippen molar-refractivity contribution in [2.24, 2.45) is 0 Å². The van der Waals surface area contributed by atoms with Crippen molar-refractivity contribution in [3.63, 3.8) is 0 Å². The van der Waals surface area contributed by atoms with Crippen LogP contribution in [0.4, 0.5) is 0 Å². The number of Topliss-reactive ketones (excluding diaryl/α,β-unsaturated/α-hetero) is 2. The van der Waals surface area contributed by atoms with E-state index in [4.69, 9.17) is 0 Å². The minimum Gasteiger partial charge on any atom is -0.294 e. The molecular formula is C6H6O6. The van der Waals surface area contributed by atoms with Gasteiger partial charge in [-0.2, -0.15) is 4.89 Å². The standard InChI is InChI=1S/C6H6O6/c7-3-4(8)6(9)5-1-2-10-12-11-5/h3,5H,1-2H2. The summed E-state index contributed by atoms with van der Waals surface area (Å²) in [6.45, 7) is 0.155. The molecule has 1 atom stereocenters. The molecule has 0 radical (unpaired) electrons. The molecule has 12 heavy (non-hydrogen) atoms. The van der Waals surface area contributed by atoms with Gasteiger partial charge in [-0.1, -0.05) is 5.04 Å². The van der Waals surface area contributed by atoms with Gasteiger partial charge in [-0.25, -0.2) is 4.89 Å². The Labute approximate surface area is 67.2 Å². The van der Waals surface area contributed by atoms with Crippen molar-refractivity contribution in [2.45, 2.75) is 12.5 Å². The summed E-state index contributed by atoms with van der Waals surface area (Å²) >= 11 is 0. The van der Waals surface area contributed by atoms with Gasteiger partial charge in [-0.05, 0) is 0 Å². The van der Waals surface area contributed by atoms with E-state index in [1.54, 1.807) is 0 Å². The largest absolute Gasteiger partial charge is 0.294 e. The number of rotatable bonds is 3. The minimum absolute atomic E-state index is 0.0544. The molecule has 0 N–H and O–H groups in total. The summed E-state index contributed by atoms with van der Waals surface area (Å²) in [5.41, 5.74) is 0. The highest BCUT2D eigenvalue weighted by atomic mass is 17.5. The van der Waals surface area contributed by atoms with Gasteiger partial charge in [0.2, 0.25) is 5.78 Å². The Morgan fingerprint density at radius 2 is 2.17 bits per heavy atom. The molecule has 1 aliphatic rings. The maximum absolute atomic E-state index is 10.9. The molecule has 0 amide bonds. The third-order valence-corrected chi connectivity index (χ3v) is 1.31. The molecule has 0 spiro atoms. The molecular weight excluding hydrogens is 168 g/mol. The highest BCUT2D eigenvalue weighted by molar-refractivity contribution is 6.58. The smallest absolute Gasteiger partial charge is 0.263 e. The number of hydrogen-bond donors (Lipinski definition) is 0. The van der Waals surface area contributed by atoms with Gasteiger partial charge >= 0.3 is 0 Å². The SMILES string of the molecule is O=CC(=O)C(=O)C1CCOOO1. The Kier molecular flexibility index (Phi) is 3.03. The fraction of sp³-hybridized carbons (Fsp3) is 0.500. The second-order valence-corrected chi connectivity index (χ2v) is 2.11. The van der Waals surface area contributed by atoms with Crippen LogP contribution in [-0.2, 0) is 29.2 Å². The normalized spacial score (nSPS) is 23.2. The van der Waals surface area contributed by atoms with Crippen LogP contribution in [0, 0.1) is 0 Å². The summed E-state index contributed by atoms with van der Waals surface area (Å²) in [5, 5.41) is 4.01. The summed E-state index contributed by atoms with van der Waals surface area (Å²) in [5.74, 6) is -2.03. The molecule has 0 aliphatic carbocycles. The number of carbonyl (C=O) groups excluding carboxylic acids is 3. The lowest BCUT2D eigenvalue weighted by molar-refractivity contribution is -0.542. The number of aldehydes is 1. The quantitative estimate of drug-likeness (QED) is 0.236. The van der Waals surface area contributed by atoms with Gasteiger partial charge in [0.25, 0.3) is 5.78 Å². The number of hydrogen-bond acceptors (Lipinski definition) is 6. The van der Waals surface area contributed by atoms with Crippen molar-refractivity contribution in [1.82, 2.24) is 0 Å². The molecule has 1 heterocycles. The monoisotopic (exact) mass is 174 g/mol. The lowest BCUT2D eigenvalue weighted by Gasteiger charge is -2.16. The Hall–Kier alpha value is -1.11. The average molecular weight is 174 g/mol. The highest BCUT2D eigenvalue weighted by Gasteiger charge is 2.29. The van der Waals surface area contributed by atoms with Crippen LogP contribution in [0.15, 0.2) is 0 Å². The molecule has 66 valence electrons. The Morgan fingerprint density at radius 3 is 2.67 bits per heavy atom. The van der Waals surface area contributed by atoms with Gasteiger partial charge in [0.15, 0.2) is 12.4 Å². The molecule has 1 aliphatic heterocycles. The zero-order chi connectivity index (χ0) is 8.97. The van der Waals surface area contributed by atoms with Crippen LogP contribution in [0.1, 0.15) is 6.42 Å². The molecule has 0 aromatic carbocycles. The lowest BCUT2D eigenvalue weighted by Crippen LogP contribution is -2.35. The predicted octanol–water partition coefficient (Wildman–Crippen LogP) is -1.02. The fourth-order valence-corrected chi connectivity index (χ4v) is 0.704. The first-order chi connectivity index (χ1) is 5.75. The summed E-state index contributed by atoms with van der Waals surface area (Å²) in [6.07, 6.45) is -0.865. The van der Waals surface area contributed by atoms with Gasteiger partial charge in [0.1, 0.15) is 0 Å². The molecule has 0 saturated carbocycles. The first kappa shape index (κ1) is 8.98. The lowest BCUT2D eigenvalue weighted by atomic mass is 10.1. The number of carbonyl (C=O) groups is 3. The van der Waals surface area contributed by atoms with Crippen molar-refractivity contribution in [3.8, 4) is 0 Å². The van der Waals surface area contributed by atoms with Crippen molar-refractivity contribution in [1.29, 1.82) is 0 Å². The van der Waals surface area contributed by atoms with E-state index in [9.17, 15) is 14.4 Å². The Balaban J connectivity index is 2.50. The van der Waals surface area contributed by atoms with E-state index in [1.165, 1.54) is 0 Å². The van der Waals surface area contributed by atoms with E-state index in [1.807, 2.05) is 0 Å². The van der Waals surface area contributed by atoms with E-state index in [2.05, 4.69) is 14.8 Å². The molecule has 1 rings (SSSR count). The molecule has 1 unspecified atom stereocenters. The molecule has 0 aromatic rings. The van der Waals surface area contributed by atoms with Gasteiger partial charge in [-0.3, -0.25) is 14.4 Å². The van der Waals surface area contributed by atoms with Crippen molar-refractivity contribution in [2.75, 3.05) is 6.61 Å². The summed E-state index contributed by atoms with van der Waals surface area (Å²) in [6, 6.07) is 0. The molecule has 1 saturated heterocycles. The van der Waals surface area contributed by atoms with Gasteiger partial charge < -0.3 is 0 Å². The topological polar surface area (TPSA) is 78.9 Å². The van der Waals surface area contributed by atoms with E-state index in [0.29, 0.717) is 0 Å². The van der Waals surface area contributed by atoms with Crippen molar-refractivity contribution in [3.05, 3.63) is 0 Å². The summed E-state index contributed by atoms with van der Waals surface area (Å²) < 4.78 is 0. The third kappa shape index (κ3) is 1.94. The first-order valence-corrected chi connectivity index (χ1v) is 3.24. The Morgan fingerprint density at radius 1 is 1.42 bits per heavy atom. The first-order valence-electron chi connectivity index (χ1n) is 3.24. The molecule has 6 heteroatoms. The molecule has 6 nitrogen and oxygen atoms in total. The predicted molar refractivity (Wildman–Crippen MR) is 32.6 cm³/mol. The van der Waals surface area contributed by atoms with Crippen LogP contribution in [0.25, 0.3) is 0 Å². The van der Waals surface area contributed by atoms with E-state index in [0.717, 1.165) is 0 Å². The van der Waals surface area contributed by atoms with E-state index >= 15 is 0 Å². The van der Waals surface area contributed by atoms with Crippen molar-refractivity contribution >= 4 is 17.9 Å².